The zero-order valence-electron chi connectivity index (χ0n) is 15.7. The number of ether oxygens (including phenoxy) is 2. The fourth-order valence-electron chi connectivity index (χ4n) is 2.20. The molecular weight excluding hydrogens is 346 g/mol. The molecule has 2 aromatic carbocycles. The summed E-state index contributed by atoms with van der Waals surface area (Å²) in [6.45, 7) is 5.62. The lowest BCUT2D eigenvalue weighted by molar-refractivity contribution is -0.119. The number of benzene rings is 2. The Balaban J connectivity index is 1.89. The molecule has 0 unspecified atom stereocenters. The smallest absolute Gasteiger partial charge is 0.338 e. The van der Waals surface area contributed by atoms with Gasteiger partial charge in [-0.15, -0.1) is 0 Å². The van der Waals surface area contributed by atoms with Gasteiger partial charge in [0.05, 0.1) is 12.2 Å². The lowest BCUT2D eigenvalue weighted by atomic mass is 10.1. The number of anilines is 1. The number of hydrogen-bond donors (Lipinski definition) is 1. The molecule has 0 aromatic heterocycles. The van der Waals surface area contributed by atoms with Crippen LogP contribution in [0.2, 0.25) is 0 Å². The van der Waals surface area contributed by atoms with Gasteiger partial charge in [0.1, 0.15) is 5.75 Å². The molecule has 0 saturated carbocycles. The molecule has 2 aromatic rings. The Morgan fingerprint density at radius 2 is 1.70 bits per heavy atom. The molecule has 0 radical (unpaired) electrons. The monoisotopic (exact) mass is 369 g/mol. The molecule has 0 fully saturated rings. The highest BCUT2D eigenvalue weighted by atomic mass is 16.5. The first-order valence-corrected chi connectivity index (χ1v) is 8.66. The third-order valence-electron chi connectivity index (χ3n) is 3.54. The standard InChI is InChI=1S/C21H23NO5/c1-14(2)12-26-19-9-5-7-17(11-19)21(25)27-13-20(24)22-18-8-4-6-16(10-18)15(3)23/h4-11,14H,12-13H2,1-3H3,(H,22,24). The number of ketones is 1. The van der Waals surface area contributed by atoms with Crippen LogP contribution in [-0.2, 0) is 9.53 Å². The van der Waals surface area contributed by atoms with E-state index in [0.717, 1.165) is 0 Å². The van der Waals surface area contributed by atoms with E-state index in [9.17, 15) is 14.4 Å². The van der Waals surface area contributed by atoms with Gasteiger partial charge in [-0.3, -0.25) is 9.59 Å². The zero-order chi connectivity index (χ0) is 19.8. The molecule has 6 heteroatoms. The molecule has 0 atom stereocenters. The van der Waals surface area contributed by atoms with Crippen LogP contribution in [0.1, 0.15) is 41.5 Å². The summed E-state index contributed by atoms with van der Waals surface area (Å²) in [6.07, 6.45) is 0. The first kappa shape index (κ1) is 20.2. The molecule has 1 N–H and O–H groups in total. The summed E-state index contributed by atoms with van der Waals surface area (Å²) in [5.41, 5.74) is 1.26. The highest BCUT2D eigenvalue weighted by molar-refractivity contribution is 5.98. The number of esters is 1. The van der Waals surface area contributed by atoms with Gasteiger partial charge in [0, 0.05) is 11.3 Å². The minimum atomic E-state index is -0.613. The van der Waals surface area contributed by atoms with Crippen molar-refractivity contribution in [1.29, 1.82) is 0 Å². The van der Waals surface area contributed by atoms with Crippen LogP contribution in [0.25, 0.3) is 0 Å². The third-order valence-corrected chi connectivity index (χ3v) is 3.54. The number of rotatable bonds is 8. The average molecular weight is 369 g/mol. The topological polar surface area (TPSA) is 81.7 Å². The Morgan fingerprint density at radius 3 is 2.41 bits per heavy atom. The maximum Gasteiger partial charge on any atom is 0.338 e. The minimum Gasteiger partial charge on any atom is -0.493 e. The summed E-state index contributed by atoms with van der Waals surface area (Å²) in [5.74, 6) is -0.263. The van der Waals surface area contributed by atoms with Crippen molar-refractivity contribution < 1.29 is 23.9 Å². The SMILES string of the molecule is CC(=O)c1cccc(NC(=O)COC(=O)c2cccc(OCC(C)C)c2)c1. The van der Waals surface area contributed by atoms with Crippen molar-refractivity contribution in [2.45, 2.75) is 20.8 Å². The Hall–Kier alpha value is -3.15. The lowest BCUT2D eigenvalue weighted by Gasteiger charge is -2.10. The number of nitrogens with one attached hydrogen (secondary N) is 1. The molecule has 2 rings (SSSR count). The minimum absolute atomic E-state index is 0.0999. The number of carbonyl (C=O) groups is 3. The van der Waals surface area contributed by atoms with Gasteiger partial charge in [-0.2, -0.15) is 0 Å². The van der Waals surface area contributed by atoms with E-state index in [2.05, 4.69) is 5.32 Å². The number of carbonyl (C=O) groups excluding carboxylic acids is 3. The fraction of sp³-hybridized carbons (Fsp3) is 0.286. The summed E-state index contributed by atoms with van der Waals surface area (Å²) >= 11 is 0. The van der Waals surface area contributed by atoms with E-state index in [4.69, 9.17) is 9.47 Å². The molecule has 0 aliphatic rings. The summed E-state index contributed by atoms with van der Waals surface area (Å²) in [7, 11) is 0. The van der Waals surface area contributed by atoms with E-state index in [1.165, 1.54) is 6.92 Å². The second kappa shape index (κ2) is 9.52. The summed E-state index contributed by atoms with van der Waals surface area (Å²) in [4.78, 5) is 35.5. The second-order valence-electron chi connectivity index (χ2n) is 6.49. The van der Waals surface area contributed by atoms with Crippen molar-refractivity contribution in [3.63, 3.8) is 0 Å². The Labute approximate surface area is 158 Å². The van der Waals surface area contributed by atoms with E-state index >= 15 is 0 Å². The molecule has 142 valence electrons. The van der Waals surface area contributed by atoms with Crippen LogP contribution < -0.4 is 10.1 Å². The van der Waals surface area contributed by atoms with Crippen molar-refractivity contribution >= 4 is 23.3 Å². The van der Waals surface area contributed by atoms with Crippen molar-refractivity contribution in [2.75, 3.05) is 18.5 Å². The van der Waals surface area contributed by atoms with Crippen LogP contribution in [0, 0.1) is 5.92 Å². The highest BCUT2D eigenvalue weighted by Gasteiger charge is 2.12. The van der Waals surface area contributed by atoms with Crippen molar-refractivity contribution in [3.05, 3.63) is 59.7 Å². The van der Waals surface area contributed by atoms with Crippen LogP contribution in [0.15, 0.2) is 48.5 Å². The average Bonchev–Trinajstić information content (AvgIpc) is 2.65. The van der Waals surface area contributed by atoms with Crippen molar-refractivity contribution in [1.82, 2.24) is 0 Å². The molecule has 6 nitrogen and oxygen atoms in total. The molecule has 27 heavy (non-hydrogen) atoms. The summed E-state index contributed by atoms with van der Waals surface area (Å²) < 4.78 is 10.6. The van der Waals surface area contributed by atoms with E-state index in [0.29, 0.717) is 35.1 Å². The highest BCUT2D eigenvalue weighted by Crippen LogP contribution is 2.15. The molecular formula is C21H23NO5. The predicted octanol–water partition coefficient (Wildman–Crippen LogP) is 3.72. The Bertz CT molecular complexity index is 829. The van der Waals surface area contributed by atoms with Crippen molar-refractivity contribution in [3.8, 4) is 5.75 Å². The van der Waals surface area contributed by atoms with Gasteiger partial charge in [0.2, 0.25) is 0 Å². The lowest BCUT2D eigenvalue weighted by Crippen LogP contribution is -2.21. The maximum atomic E-state index is 12.1. The largest absolute Gasteiger partial charge is 0.493 e. The van der Waals surface area contributed by atoms with Gasteiger partial charge >= 0.3 is 5.97 Å². The zero-order valence-corrected chi connectivity index (χ0v) is 15.7. The maximum absolute atomic E-state index is 12.1. The molecule has 0 heterocycles. The Morgan fingerprint density at radius 1 is 1.00 bits per heavy atom. The van der Waals surface area contributed by atoms with Crippen LogP contribution in [-0.4, -0.2) is 30.9 Å². The fourth-order valence-corrected chi connectivity index (χ4v) is 2.20. The summed E-state index contributed by atoms with van der Waals surface area (Å²) in [6, 6.07) is 13.2. The van der Waals surface area contributed by atoms with E-state index in [1.54, 1.807) is 48.5 Å². The van der Waals surface area contributed by atoms with Crippen LogP contribution >= 0.6 is 0 Å². The molecule has 0 saturated heterocycles. The van der Waals surface area contributed by atoms with E-state index in [1.807, 2.05) is 13.8 Å². The van der Waals surface area contributed by atoms with Gasteiger partial charge < -0.3 is 14.8 Å². The van der Waals surface area contributed by atoms with Gasteiger partial charge in [-0.25, -0.2) is 4.79 Å². The first-order valence-electron chi connectivity index (χ1n) is 8.66. The van der Waals surface area contributed by atoms with Gasteiger partial charge in [0.15, 0.2) is 12.4 Å². The second-order valence-corrected chi connectivity index (χ2v) is 6.49. The normalized spacial score (nSPS) is 10.4. The van der Waals surface area contributed by atoms with Gasteiger partial charge in [0.25, 0.3) is 5.91 Å². The molecule has 0 aliphatic heterocycles. The number of amides is 1. The third kappa shape index (κ3) is 6.58. The predicted molar refractivity (Wildman–Crippen MR) is 102 cm³/mol. The summed E-state index contributed by atoms with van der Waals surface area (Å²) in [5, 5.41) is 2.60. The van der Waals surface area contributed by atoms with Crippen molar-refractivity contribution in [2.24, 2.45) is 5.92 Å². The number of hydrogen-bond acceptors (Lipinski definition) is 5. The number of Topliss-reactive ketones (excluding diaryl/α,β-unsaturated/α-hetero) is 1. The van der Waals surface area contributed by atoms with E-state index in [-0.39, 0.29) is 5.78 Å². The molecule has 0 bridgehead atoms. The Kier molecular flexibility index (Phi) is 7.11. The van der Waals surface area contributed by atoms with Crippen LogP contribution in [0.4, 0.5) is 5.69 Å². The molecule has 0 aliphatic carbocycles. The first-order chi connectivity index (χ1) is 12.8. The van der Waals surface area contributed by atoms with Crippen LogP contribution in [0.5, 0.6) is 5.75 Å². The van der Waals surface area contributed by atoms with Gasteiger partial charge in [-0.1, -0.05) is 32.0 Å². The molecule has 1 amide bonds. The van der Waals surface area contributed by atoms with E-state index < -0.39 is 18.5 Å². The van der Waals surface area contributed by atoms with Crippen LogP contribution in [0.3, 0.4) is 0 Å². The van der Waals surface area contributed by atoms with Gasteiger partial charge in [-0.05, 0) is 43.2 Å². The quantitative estimate of drug-likeness (QED) is 0.566. The molecule has 0 spiro atoms.